The molecule has 0 bridgehead atoms. The van der Waals surface area contributed by atoms with E-state index < -0.39 is 53.3 Å². The average molecular weight is 448 g/mol. The maximum atomic E-state index is 13.4. The summed E-state index contributed by atoms with van der Waals surface area (Å²) in [7, 11) is 0. The van der Waals surface area contributed by atoms with Gasteiger partial charge in [-0.15, -0.1) is 0 Å². The quantitative estimate of drug-likeness (QED) is 0.459. The van der Waals surface area contributed by atoms with Crippen molar-refractivity contribution in [2.45, 2.75) is 108 Å². The summed E-state index contributed by atoms with van der Waals surface area (Å²) in [4.78, 5) is 0. The molecule has 0 aromatic carbocycles. The SMILES string of the molecule is CC(C)(O)CCCC(CC(O)(C(F)(F)F)C(F)(F)F)[C@H]1CCC2[C@@H](O)CCC[C@@]21C. The van der Waals surface area contributed by atoms with E-state index in [1.165, 1.54) is 13.8 Å². The Kier molecular flexibility index (Phi) is 7.23. The molecule has 5 atom stereocenters. The lowest BCUT2D eigenvalue weighted by molar-refractivity contribution is -0.374. The van der Waals surface area contributed by atoms with Gasteiger partial charge in [0.1, 0.15) is 0 Å². The van der Waals surface area contributed by atoms with Gasteiger partial charge in [0.05, 0.1) is 11.7 Å². The molecule has 2 aliphatic carbocycles. The Hall–Kier alpha value is -0.540. The van der Waals surface area contributed by atoms with Gasteiger partial charge in [0.2, 0.25) is 0 Å². The Labute approximate surface area is 173 Å². The van der Waals surface area contributed by atoms with Crippen molar-refractivity contribution in [1.82, 2.24) is 0 Å². The minimum Gasteiger partial charge on any atom is -0.393 e. The molecule has 0 amide bonds. The summed E-state index contributed by atoms with van der Waals surface area (Å²) in [6.45, 7) is 4.93. The van der Waals surface area contributed by atoms with E-state index in [0.29, 0.717) is 32.1 Å². The molecular weight excluding hydrogens is 414 g/mol. The molecule has 2 rings (SSSR count). The molecule has 0 aromatic heterocycles. The number of aliphatic hydroxyl groups is 3. The molecule has 2 fully saturated rings. The van der Waals surface area contributed by atoms with E-state index >= 15 is 0 Å². The van der Waals surface area contributed by atoms with Gasteiger partial charge in [-0.2, -0.15) is 26.3 Å². The van der Waals surface area contributed by atoms with Crippen LogP contribution in [-0.4, -0.2) is 45.0 Å². The zero-order valence-electron chi connectivity index (χ0n) is 17.8. The molecule has 9 heteroatoms. The van der Waals surface area contributed by atoms with Crippen LogP contribution in [0.15, 0.2) is 0 Å². The maximum Gasteiger partial charge on any atom is 0.426 e. The zero-order chi connectivity index (χ0) is 23.2. The summed E-state index contributed by atoms with van der Waals surface area (Å²) >= 11 is 0. The van der Waals surface area contributed by atoms with Crippen LogP contribution in [0.1, 0.15) is 78.6 Å². The second-order valence-corrected chi connectivity index (χ2v) is 10.3. The molecule has 0 saturated heterocycles. The molecule has 178 valence electrons. The van der Waals surface area contributed by atoms with Crippen molar-refractivity contribution in [3.8, 4) is 0 Å². The van der Waals surface area contributed by atoms with Crippen molar-refractivity contribution in [3.63, 3.8) is 0 Å². The first-order valence-electron chi connectivity index (χ1n) is 10.7. The first kappa shape index (κ1) is 25.7. The number of rotatable bonds is 7. The van der Waals surface area contributed by atoms with Crippen LogP contribution in [0, 0.1) is 23.2 Å². The second-order valence-electron chi connectivity index (χ2n) is 10.3. The van der Waals surface area contributed by atoms with Gasteiger partial charge in [0, 0.05) is 0 Å². The van der Waals surface area contributed by atoms with Crippen LogP contribution >= 0.6 is 0 Å². The molecule has 0 radical (unpaired) electrons. The van der Waals surface area contributed by atoms with Gasteiger partial charge in [-0.05, 0) is 82.0 Å². The molecule has 2 saturated carbocycles. The minimum atomic E-state index is -5.84. The predicted molar refractivity (Wildman–Crippen MR) is 99.5 cm³/mol. The summed E-state index contributed by atoms with van der Waals surface area (Å²) in [5.74, 6) is -1.64. The average Bonchev–Trinajstić information content (AvgIpc) is 2.89. The van der Waals surface area contributed by atoms with Gasteiger partial charge in [-0.25, -0.2) is 0 Å². The first-order valence-corrected chi connectivity index (χ1v) is 10.7. The van der Waals surface area contributed by atoms with Crippen LogP contribution in [-0.2, 0) is 0 Å². The second kappa shape index (κ2) is 8.43. The summed E-state index contributed by atoms with van der Waals surface area (Å²) in [6, 6.07) is 0. The Morgan fingerprint density at radius 3 is 2.03 bits per heavy atom. The maximum absolute atomic E-state index is 13.4. The van der Waals surface area contributed by atoms with Crippen molar-refractivity contribution < 1.29 is 41.7 Å². The Bertz CT molecular complexity index is 569. The van der Waals surface area contributed by atoms with E-state index in [0.717, 1.165) is 0 Å². The highest BCUT2D eigenvalue weighted by atomic mass is 19.4. The Balaban J connectivity index is 2.35. The smallest absolute Gasteiger partial charge is 0.393 e. The Morgan fingerprint density at radius 1 is 0.967 bits per heavy atom. The van der Waals surface area contributed by atoms with Crippen LogP contribution in [0.4, 0.5) is 26.3 Å². The van der Waals surface area contributed by atoms with Crippen molar-refractivity contribution in [2.24, 2.45) is 23.2 Å². The lowest BCUT2D eigenvalue weighted by Crippen LogP contribution is -2.58. The van der Waals surface area contributed by atoms with Crippen molar-refractivity contribution in [3.05, 3.63) is 0 Å². The van der Waals surface area contributed by atoms with E-state index in [1.54, 1.807) is 0 Å². The summed E-state index contributed by atoms with van der Waals surface area (Å²) < 4.78 is 80.4. The third-order valence-electron chi connectivity index (χ3n) is 7.59. The molecule has 3 nitrogen and oxygen atoms in total. The standard InChI is InChI=1S/C21H34F6O3/c1-17(2,29)10-4-6-13(12-19(30,20(22,23)24)21(25,26)27)14-8-9-15-16(28)7-5-11-18(14,15)3/h13-16,28-30H,4-12H2,1-3H3/t13?,14-,15?,16+,18-/m1/s1. The lowest BCUT2D eigenvalue weighted by Gasteiger charge is -2.47. The highest BCUT2D eigenvalue weighted by Gasteiger charge is 2.71. The molecule has 0 aliphatic heterocycles. The predicted octanol–water partition coefficient (Wildman–Crippen LogP) is 5.37. The largest absolute Gasteiger partial charge is 0.426 e. The molecule has 0 heterocycles. The number of fused-ring (bicyclic) bond motifs is 1. The Morgan fingerprint density at radius 2 is 1.53 bits per heavy atom. The highest BCUT2D eigenvalue weighted by molar-refractivity contribution is 5.05. The number of hydrogen-bond acceptors (Lipinski definition) is 3. The summed E-state index contributed by atoms with van der Waals surface area (Å²) in [6.07, 6.45) is -10.3. The number of hydrogen-bond donors (Lipinski definition) is 3. The summed E-state index contributed by atoms with van der Waals surface area (Å²) in [5, 5.41) is 30.2. The fraction of sp³-hybridized carbons (Fsp3) is 1.00. The topological polar surface area (TPSA) is 60.7 Å². The van der Waals surface area contributed by atoms with Crippen LogP contribution < -0.4 is 0 Å². The van der Waals surface area contributed by atoms with Gasteiger partial charge in [0.25, 0.3) is 5.60 Å². The highest BCUT2D eigenvalue weighted by Crippen LogP contribution is 2.60. The van der Waals surface area contributed by atoms with Crippen LogP contribution in [0.2, 0.25) is 0 Å². The third-order valence-corrected chi connectivity index (χ3v) is 7.59. The number of aliphatic hydroxyl groups excluding tert-OH is 1. The van der Waals surface area contributed by atoms with E-state index in [1.807, 2.05) is 6.92 Å². The van der Waals surface area contributed by atoms with Gasteiger partial charge in [-0.3, -0.25) is 0 Å². The van der Waals surface area contributed by atoms with E-state index in [9.17, 15) is 41.7 Å². The van der Waals surface area contributed by atoms with Crippen molar-refractivity contribution in [2.75, 3.05) is 0 Å². The van der Waals surface area contributed by atoms with Crippen LogP contribution in [0.3, 0.4) is 0 Å². The molecular formula is C21H34F6O3. The molecule has 3 N–H and O–H groups in total. The van der Waals surface area contributed by atoms with Gasteiger partial charge < -0.3 is 15.3 Å². The minimum absolute atomic E-state index is 0.0432. The lowest BCUT2D eigenvalue weighted by atomic mass is 9.60. The van der Waals surface area contributed by atoms with E-state index in [-0.39, 0.29) is 25.2 Å². The third kappa shape index (κ3) is 5.09. The number of alkyl halides is 6. The molecule has 30 heavy (non-hydrogen) atoms. The molecule has 0 aromatic rings. The number of halogens is 6. The summed E-state index contributed by atoms with van der Waals surface area (Å²) in [5.41, 5.74) is -6.42. The fourth-order valence-corrected chi connectivity index (χ4v) is 5.98. The van der Waals surface area contributed by atoms with Crippen molar-refractivity contribution >= 4 is 0 Å². The van der Waals surface area contributed by atoms with E-state index in [2.05, 4.69) is 0 Å². The zero-order valence-corrected chi connectivity index (χ0v) is 17.8. The molecule has 2 unspecified atom stereocenters. The monoisotopic (exact) mass is 448 g/mol. The first-order chi connectivity index (χ1) is 13.4. The van der Waals surface area contributed by atoms with Gasteiger partial charge in [-0.1, -0.05) is 19.8 Å². The van der Waals surface area contributed by atoms with Crippen molar-refractivity contribution in [1.29, 1.82) is 0 Å². The fourth-order valence-electron chi connectivity index (χ4n) is 5.98. The van der Waals surface area contributed by atoms with Gasteiger partial charge >= 0.3 is 12.4 Å². The normalized spacial score (nSPS) is 32.2. The van der Waals surface area contributed by atoms with Gasteiger partial charge in [0.15, 0.2) is 0 Å². The van der Waals surface area contributed by atoms with E-state index in [4.69, 9.17) is 0 Å². The van der Waals surface area contributed by atoms with Crippen LogP contribution in [0.5, 0.6) is 0 Å². The van der Waals surface area contributed by atoms with Crippen LogP contribution in [0.25, 0.3) is 0 Å². The molecule has 2 aliphatic rings. The molecule has 0 spiro atoms.